The number of thiazole rings is 2. The average molecular weight is 1070 g/mol. The lowest BCUT2D eigenvalue weighted by molar-refractivity contribution is -0.159. The third-order valence-electron chi connectivity index (χ3n) is 9.32. The Bertz CT molecular complexity index is 2830. The van der Waals surface area contributed by atoms with Crippen molar-refractivity contribution >= 4 is 22.7 Å². The summed E-state index contributed by atoms with van der Waals surface area (Å²) in [7, 11) is 0. The number of halogens is 15. The lowest BCUT2D eigenvalue weighted by Crippen LogP contribution is -2.19. The number of nitriles is 2. The van der Waals surface area contributed by atoms with Gasteiger partial charge in [0.05, 0.1) is 43.4 Å². The summed E-state index contributed by atoms with van der Waals surface area (Å²) >= 11 is 2.35. The first-order chi connectivity index (χ1) is 33.0. The Balaban J connectivity index is 0.000000340. The normalized spacial score (nSPS) is 12.4. The van der Waals surface area contributed by atoms with Gasteiger partial charge in [-0.2, -0.15) is 63.2 Å². The first-order valence-corrected chi connectivity index (χ1v) is 21.8. The highest BCUT2D eigenvalue weighted by molar-refractivity contribution is 7.15. The molecule has 0 aliphatic rings. The molecule has 6 aromatic rings. The van der Waals surface area contributed by atoms with E-state index >= 15 is 0 Å². The summed E-state index contributed by atoms with van der Waals surface area (Å²) in [6.07, 6.45) is -18.7. The van der Waals surface area contributed by atoms with Gasteiger partial charge in [0.1, 0.15) is 52.5 Å². The maximum Gasteiger partial charge on any atom is 0.422 e. The molecule has 0 radical (unpaired) electrons. The molecule has 0 saturated heterocycles. The Morgan fingerprint density at radius 1 is 0.569 bits per heavy atom. The highest BCUT2D eigenvalue weighted by Gasteiger charge is 2.33. The minimum atomic E-state index is -4.66. The zero-order chi connectivity index (χ0) is 53.2. The smallest absolute Gasteiger partial charge is 0.422 e. The van der Waals surface area contributed by atoms with Crippen LogP contribution < -0.4 is 14.2 Å². The molecule has 6 rings (SSSR count). The Labute approximate surface area is 409 Å². The zero-order valence-corrected chi connectivity index (χ0v) is 38.5. The summed E-state index contributed by atoms with van der Waals surface area (Å²) in [4.78, 5) is 9.98. The molecule has 0 fully saturated rings. The van der Waals surface area contributed by atoms with Crippen LogP contribution in [-0.4, -0.2) is 40.6 Å². The van der Waals surface area contributed by atoms with Gasteiger partial charge in [-0.1, -0.05) is 45.5 Å². The van der Waals surface area contributed by atoms with Crippen LogP contribution in [0.5, 0.6) is 17.2 Å². The number of benzene rings is 4. The molecule has 0 saturated carbocycles. The van der Waals surface area contributed by atoms with Gasteiger partial charge in [-0.05, 0) is 63.1 Å². The molecule has 2 atom stereocenters. The van der Waals surface area contributed by atoms with Gasteiger partial charge in [0.15, 0.2) is 29.7 Å². The second kappa shape index (κ2) is 24.7. The highest BCUT2D eigenvalue weighted by Crippen LogP contribution is 2.41. The van der Waals surface area contributed by atoms with E-state index in [0.29, 0.717) is 55.1 Å². The van der Waals surface area contributed by atoms with Crippen molar-refractivity contribution in [1.82, 2.24) is 9.97 Å². The van der Waals surface area contributed by atoms with Gasteiger partial charge in [-0.3, -0.25) is 0 Å². The standard InChI is InChI=1S/C23H17F7N2O2S.C21H15F5N2OS.C2H3F3O.CH4/c1-3-17(34-19-9-18(33-11-22(25,26)27)14(10-31)8-16(19)24)20-12(2)32-21(35-20)13-4-6-15(7-5-13)23(28,29)30;1-3-17(29-18-9-15(22)13(10-27)8-16(18)23)19-11(2)28-20(30-19)12-4-6-14(7-5-12)21(24,25)26;3-2(4,5)1-6;/h4-9,17H,3,11H2,1-2H3;4-9,17H,3H2,1-2H3;6H,1H2;1H4. The number of hydrogen-bond donors (Lipinski definition) is 1. The van der Waals surface area contributed by atoms with Crippen LogP contribution in [0.15, 0.2) is 72.8 Å². The fraction of sp³-hybridized carbons (Fsp3) is 0.319. The van der Waals surface area contributed by atoms with Crippen LogP contribution >= 0.6 is 22.7 Å². The fourth-order valence-corrected chi connectivity index (χ4v) is 8.28. The second-order valence-electron chi connectivity index (χ2n) is 14.6. The summed E-state index contributed by atoms with van der Waals surface area (Å²) in [5.41, 5.74) is -0.377. The van der Waals surface area contributed by atoms with Crippen LogP contribution in [0.3, 0.4) is 0 Å². The Hall–Kier alpha value is -6.57. The molecule has 2 unspecified atom stereocenters. The van der Waals surface area contributed by atoms with Crippen molar-refractivity contribution in [3.05, 3.63) is 134 Å². The number of aliphatic hydroxyl groups excluding tert-OH is 1. The summed E-state index contributed by atoms with van der Waals surface area (Å²) in [6, 6.07) is 15.4. The van der Waals surface area contributed by atoms with Gasteiger partial charge >= 0.3 is 24.7 Å². The van der Waals surface area contributed by atoms with Crippen molar-refractivity contribution in [2.24, 2.45) is 0 Å². The Morgan fingerprint density at radius 3 is 1.28 bits per heavy atom. The van der Waals surface area contributed by atoms with E-state index in [1.165, 1.54) is 35.6 Å². The molecular weight excluding hydrogens is 1030 g/mol. The summed E-state index contributed by atoms with van der Waals surface area (Å²) in [6.45, 7) is 3.48. The monoisotopic (exact) mass is 1070 g/mol. The van der Waals surface area contributed by atoms with Gasteiger partial charge in [0, 0.05) is 23.3 Å². The van der Waals surface area contributed by atoms with E-state index < -0.39 is 101 Å². The number of rotatable bonds is 12. The number of hydrogen-bond acceptors (Lipinski definition) is 10. The van der Waals surface area contributed by atoms with Crippen LogP contribution in [0.25, 0.3) is 21.1 Å². The molecular formula is C47H39F15N4O4S2. The van der Waals surface area contributed by atoms with Crippen LogP contribution in [0.4, 0.5) is 65.9 Å². The summed E-state index contributed by atoms with van der Waals surface area (Å²) < 4.78 is 205. The lowest BCUT2D eigenvalue weighted by Gasteiger charge is -2.19. The van der Waals surface area contributed by atoms with E-state index in [4.69, 9.17) is 25.1 Å². The predicted octanol–water partition coefficient (Wildman–Crippen LogP) is 15.6. The van der Waals surface area contributed by atoms with Crippen molar-refractivity contribution in [3.8, 4) is 50.5 Å². The van der Waals surface area contributed by atoms with Crippen molar-refractivity contribution in [2.45, 2.75) is 84.9 Å². The molecule has 0 amide bonds. The first kappa shape index (κ1) is 59.7. The van der Waals surface area contributed by atoms with E-state index in [2.05, 4.69) is 14.7 Å². The van der Waals surface area contributed by atoms with Gasteiger partial charge in [0.25, 0.3) is 0 Å². The highest BCUT2D eigenvalue weighted by atomic mass is 32.1. The molecule has 0 aliphatic carbocycles. The molecule has 2 aromatic heterocycles. The predicted molar refractivity (Wildman–Crippen MR) is 236 cm³/mol. The van der Waals surface area contributed by atoms with Crippen molar-refractivity contribution in [1.29, 1.82) is 10.5 Å². The van der Waals surface area contributed by atoms with E-state index in [9.17, 15) is 65.9 Å². The Morgan fingerprint density at radius 2 is 0.944 bits per heavy atom. The van der Waals surface area contributed by atoms with Gasteiger partial charge in [-0.15, -0.1) is 22.7 Å². The molecule has 388 valence electrons. The maximum absolute atomic E-state index is 14.6. The maximum atomic E-state index is 14.6. The quantitative estimate of drug-likeness (QED) is 0.120. The minimum Gasteiger partial charge on any atom is -0.483 e. The van der Waals surface area contributed by atoms with Crippen molar-refractivity contribution < 1.29 is 85.2 Å². The number of aryl methyl sites for hydroxylation is 2. The fourth-order valence-electron chi connectivity index (χ4n) is 5.91. The molecule has 0 bridgehead atoms. The van der Waals surface area contributed by atoms with E-state index in [1.807, 2.05) is 0 Å². The topological polar surface area (TPSA) is 121 Å². The second-order valence-corrected chi connectivity index (χ2v) is 16.6. The van der Waals surface area contributed by atoms with E-state index in [0.717, 1.165) is 59.9 Å². The lowest BCUT2D eigenvalue weighted by atomic mass is 10.1. The Kier molecular flexibility index (Phi) is 20.5. The minimum absolute atomic E-state index is 0. The third kappa shape index (κ3) is 16.5. The molecule has 8 nitrogen and oxygen atoms in total. The van der Waals surface area contributed by atoms with Gasteiger partial charge in [-0.25, -0.2) is 23.1 Å². The molecule has 4 aromatic carbocycles. The number of ether oxygens (including phenoxy) is 3. The molecule has 0 aliphatic heterocycles. The number of alkyl halides is 12. The third-order valence-corrected chi connectivity index (χ3v) is 11.9. The molecule has 72 heavy (non-hydrogen) atoms. The van der Waals surface area contributed by atoms with Crippen LogP contribution in [0.2, 0.25) is 0 Å². The van der Waals surface area contributed by atoms with E-state index in [1.54, 1.807) is 39.8 Å². The van der Waals surface area contributed by atoms with Gasteiger partial charge < -0.3 is 19.3 Å². The number of aromatic nitrogens is 2. The molecule has 2 heterocycles. The van der Waals surface area contributed by atoms with Gasteiger partial charge in [0.2, 0.25) is 0 Å². The summed E-state index contributed by atoms with van der Waals surface area (Å²) in [5, 5.41) is 26.1. The van der Waals surface area contributed by atoms with E-state index in [-0.39, 0.29) is 13.2 Å². The van der Waals surface area contributed by atoms with Crippen molar-refractivity contribution in [2.75, 3.05) is 13.2 Å². The SMILES string of the molecule is C.CCC(Oc1cc(F)c(C#N)cc1F)c1sc(-c2ccc(C(F)(F)F)cc2)nc1C.CCC(Oc1cc(OCC(F)(F)F)c(C#N)cc1F)c1sc(-c2ccc(C(F)(F)F)cc2)nc1C.OCC(F)(F)F. The average Bonchev–Trinajstić information content (AvgIpc) is 3.89. The number of aliphatic hydroxyl groups is 1. The van der Waals surface area contributed by atoms with Crippen LogP contribution in [0.1, 0.15) is 89.7 Å². The summed E-state index contributed by atoms with van der Waals surface area (Å²) in [5.74, 6) is -3.96. The number of nitrogens with zero attached hydrogens (tertiary/aromatic N) is 4. The molecule has 1 N–H and O–H groups in total. The van der Waals surface area contributed by atoms with Crippen LogP contribution in [-0.2, 0) is 12.4 Å². The van der Waals surface area contributed by atoms with Crippen molar-refractivity contribution in [3.63, 3.8) is 0 Å². The molecule has 25 heteroatoms. The van der Waals surface area contributed by atoms with Crippen LogP contribution in [0, 0.1) is 54.0 Å². The molecule has 0 spiro atoms. The zero-order valence-electron chi connectivity index (χ0n) is 36.9. The first-order valence-electron chi connectivity index (χ1n) is 20.1. The largest absolute Gasteiger partial charge is 0.483 e.